The highest BCUT2D eigenvalue weighted by Crippen LogP contribution is 2.31. The van der Waals surface area contributed by atoms with Gasteiger partial charge < -0.3 is 5.73 Å². The van der Waals surface area contributed by atoms with E-state index in [1.165, 1.54) is 30.5 Å². The van der Waals surface area contributed by atoms with Crippen LogP contribution in [0.25, 0.3) is 0 Å². The molecule has 0 bridgehead atoms. The van der Waals surface area contributed by atoms with Gasteiger partial charge in [0.1, 0.15) is 5.84 Å². The average molecular weight is 259 g/mol. The predicted molar refractivity (Wildman–Crippen MR) is 80.5 cm³/mol. The highest BCUT2D eigenvalue weighted by Gasteiger charge is 2.25. The first-order valence-corrected chi connectivity index (χ1v) is 7.15. The smallest absolute Gasteiger partial charge is 0.122 e. The fourth-order valence-corrected chi connectivity index (χ4v) is 2.35. The third-order valence-electron chi connectivity index (χ3n) is 3.95. The molecule has 19 heavy (non-hydrogen) atoms. The molecule has 0 atom stereocenters. The second-order valence-electron chi connectivity index (χ2n) is 6.02. The van der Waals surface area contributed by atoms with Crippen molar-refractivity contribution in [2.24, 2.45) is 11.7 Å². The molecule has 0 aliphatic heterocycles. The molecular formula is C16H25N3. The van der Waals surface area contributed by atoms with Crippen LogP contribution in [0.4, 0.5) is 0 Å². The number of nitrogens with one attached hydrogen (secondary N) is 1. The van der Waals surface area contributed by atoms with Crippen LogP contribution in [0, 0.1) is 18.3 Å². The van der Waals surface area contributed by atoms with E-state index in [9.17, 15) is 0 Å². The summed E-state index contributed by atoms with van der Waals surface area (Å²) in [6.45, 7) is 8.85. The topological polar surface area (TPSA) is 53.1 Å². The molecule has 0 unspecified atom stereocenters. The van der Waals surface area contributed by atoms with Gasteiger partial charge in [0.05, 0.1) is 0 Å². The Bertz CT molecular complexity index is 461. The van der Waals surface area contributed by atoms with Crippen molar-refractivity contribution in [3.63, 3.8) is 0 Å². The summed E-state index contributed by atoms with van der Waals surface area (Å²) in [6.07, 6.45) is 2.79. The third-order valence-corrected chi connectivity index (χ3v) is 3.95. The fraction of sp³-hybridized carbons (Fsp3) is 0.562. The van der Waals surface area contributed by atoms with Crippen LogP contribution < -0.4 is 5.73 Å². The van der Waals surface area contributed by atoms with E-state index in [-0.39, 0.29) is 5.84 Å². The minimum absolute atomic E-state index is 0.147. The first kappa shape index (κ1) is 14.1. The molecule has 0 spiro atoms. The van der Waals surface area contributed by atoms with Crippen molar-refractivity contribution in [1.82, 2.24) is 4.90 Å². The molecule has 0 aromatic heterocycles. The molecule has 1 fully saturated rings. The van der Waals surface area contributed by atoms with E-state index in [0.717, 1.165) is 18.0 Å². The summed E-state index contributed by atoms with van der Waals surface area (Å²) in [5.41, 5.74) is 8.93. The summed E-state index contributed by atoms with van der Waals surface area (Å²) < 4.78 is 0. The Hall–Kier alpha value is -1.35. The minimum Gasteiger partial charge on any atom is -0.384 e. The van der Waals surface area contributed by atoms with E-state index in [4.69, 9.17) is 11.1 Å². The van der Waals surface area contributed by atoms with Crippen LogP contribution in [0.1, 0.15) is 43.4 Å². The highest BCUT2D eigenvalue weighted by molar-refractivity contribution is 5.95. The van der Waals surface area contributed by atoms with Gasteiger partial charge in [-0.05, 0) is 56.7 Å². The maximum Gasteiger partial charge on any atom is 0.122 e. The molecule has 0 radical (unpaired) electrons. The van der Waals surface area contributed by atoms with Gasteiger partial charge in [-0.1, -0.05) is 12.1 Å². The summed E-state index contributed by atoms with van der Waals surface area (Å²) in [5.74, 6) is 1.06. The number of nitrogen functional groups attached to an aromatic ring is 1. The Morgan fingerprint density at radius 3 is 2.58 bits per heavy atom. The van der Waals surface area contributed by atoms with Gasteiger partial charge in [-0.15, -0.1) is 0 Å². The van der Waals surface area contributed by atoms with E-state index < -0.39 is 0 Å². The van der Waals surface area contributed by atoms with Crippen molar-refractivity contribution in [3.8, 4) is 0 Å². The Balaban J connectivity index is 2.09. The van der Waals surface area contributed by atoms with E-state index >= 15 is 0 Å². The van der Waals surface area contributed by atoms with Gasteiger partial charge in [0.2, 0.25) is 0 Å². The van der Waals surface area contributed by atoms with E-state index in [1.54, 1.807) is 0 Å². The Labute approximate surface area is 116 Å². The van der Waals surface area contributed by atoms with Crippen LogP contribution >= 0.6 is 0 Å². The molecule has 1 aromatic rings. The number of nitrogens with zero attached hydrogens (tertiary/aromatic N) is 1. The molecule has 1 saturated carbocycles. The Morgan fingerprint density at radius 2 is 2.11 bits per heavy atom. The Kier molecular flexibility index (Phi) is 4.25. The molecule has 3 heteroatoms. The zero-order chi connectivity index (χ0) is 14.0. The molecule has 1 aromatic carbocycles. The molecule has 0 saturated heterocycles. The van der Waals surface area contributed by atoms with Crippen LogP contribution in [0.2, 0.25) is 0 Å². The van der Waals surface area contributed by atoms with E-state index in [1.807, 2.05) is 12.1 Å². The summed E-state index contributed by atoms with van der Waals surface area (Å²) in [5, 5.41) is 7.48. The number of hydrogen-bond acceptors (Lipinski definition) is 2. The van der Waals surface area contributed by atoms with Crippen molar-refractivity contribution in [1.29, 1.82) is 5.41 Å². The zero-order valence-electron chi connectivity index (χ0n) is 12.2. The SMILES string of the molecule is Cc1cc(C(=N)N)ccc1CN(CC1CC1)C(C)C. The number of aryl methyl sites for hydroxylation is 1. The quantitative estimate of drug-likeness (QED) is 0.609. The van der Waals surface area contributed by atoms with Gasteiger partial charge in [0.15, 0.2) is 0 Å². The molecule has 2 rings (SSSR count). The Morgan fingerprint density at radius 1 is 1.42 bits per heavy atom. The van der Waals surface area contributed by atoms with Crippen LogP contribution in [0.5, 0.6) is 0 Å². The second-order valence-corrected chi connectivity index (χ2v) is 6.02. The molecule has 0 heterocycles. The van der Waals surface area contributed by atoms with Crippen molar-refractivity contribution in [2.75, 3.05) is 6.54 Å². The molecule has 3 nitrogen and oxygen atoms in total. The maximum atomic E-state index is 7.48. The third kappa shape index (κ3) is 3.80. The molecule has 0 amide bonds. The van der Waals surface area contributed by atoms with Crippen LogP contribution in [-0.4, -0.2) is 23.3 Å². The number of nitrogens with two attached hydrogens (primary N) is 1. The van der Waals surface area contributed by atoms with Gasteiger partial charge in [0.25, 0.3) is 0 Å². The second kappa shape index (κ2) is 5.74. The van der Waals surface area contributed by atoms with Crippen LogP contribution in [0.3, 0.4) is 0 Å². The lowest BCUT2D eigenvalue weighted by Crippen LogP contribution is -2.32. The standard InChI is InChI=1S/C16H25N3/c1-11(2)19(9-13-4-5-13)10-15-7-6-14(16(17)18)8-12(15)3/h6-8,11,13H,4-5,9-10H2,1-3H3,(H3,17,18). The predicted octanol–water partition coefficient (Wildman–Crippen LogP) is 2.90. The lowest BCUT2D eigenvalue weighted by Gasteiger charge is -2.27. The molecule has 1 aliphatic carbocycles. The van der Waals surface area contributed by atoms with Crippen molar-refractivity contribution >= 4 is 5.84 Å². The lowest BCUT2D eigenvalue weighted by atomic mass is 10.0. The van der Waals surface area contributed by atoms with Gasteiger partial charge in [-0.25, -0.2) is 0 Å². The van der Waals surface area contributed by atoms with Crippen LogP contribution in [-0.2, 0) is 6.54 Å². The van der Waals surface area contributed by atoms with Crippen molar-refractivity contribution in [3.05, 3.63) is 34.9 Å². The largest absolute Gasteiger partial charge is 0.384 e. The van der Waals surface area contributed by atoms with Gasteiger partial charge in [-0.3, -0.25) is 10.3 Å². The van der Waals surface area contributed by atoms with Crippen LogP contribution in [0.15, 0.2) is 18.2 Å². The molecular weight excluding hydrogens is 234 g/mol. The summed E-state index contributed by atoms with van der Waals surface area (Å²) in [7, 11) is 0. The first-order valence-electron chi connectivity index (χ1n) is 7.15. The first-order chi connectivity index (χ1) is 8.97. The van der Waals surface area contributed by atoms with E-state index in [2.05, 4.69) is 31.7 Å². The van der Waals surface area contributed by atoms with Crippen molar-refractivity contribution in [2.45, 2.75) is 46.2 Å². The normalized spacial score (nSPS) is 15.2. The lowest BCUT2D eigenvalue weighted by molar-refractivity contribution is 0.203. The van der Waals surface area contributed by atoms with E-state index in [0.29, 0.717) is 6.04 Å². The monoisotopic (exact) mass is 259 g/mol. The molecule has 3 N–H and O–H groups in total. The summed E-state index contributed by atoms with van der Waals surface area (Å²) >= 11 is 0. The number of rotatable bonds is 6. The molecule has 104 valence electrons. The summed E-state index contributed by atoms with van der Waals surface area (Å²) in [6, 6.07) is 6.68. The summed E-state index contributed by atoms with van der Waals surface area (Å²) in [4.78, 5) is 2.55. The zero-order valence-corrected chi connectivity index (χ0v) is 12.2. The maximum absolute atomic E-state index is 7.48. The minimum atomic E-state index is 0.147. The van der Waals surface area contributed by atoms with Gasteiger partial charge in [0, 0.05) is 24.7 Å². The number of amidine groups is 1. The fourth-order valence-electron chi connectivity index (χ4n) is 2.35. The van der Waals surface area contributed by atoms with Gasteiger partial charge in [-0.2, -0.15) is 0 Å². The highest BCUT2D eigenvalue weighted by atomic mass is 15.1. The van der Waals surface area contributed by atoms with Crippen molar-refractivity contribution < 1.29 is 0 Å². The molecule has 1 aliphatic rings. The number of benzene rings is 1. The number of hydrogen-bond donors (Lipinski definition) is 2. The average Bonchev–Trinajstić information content (AvgIpc) is 3.14. The van der Waals surface area contributed by atoms with Gasteiger partial charge >= 0.3 is 0 Å².